The van der Waals surface area contributed by atoms with E-state index in [0.717, 1.165) is 38.5 Å². The van der Waals surface area contributed by atoms with Crippen molar-refractivity contribution >= 4 is 11.8 Å². The third-order valence-corrected chi connectivity index (χ3v) is 7.44. The zero-order chi connectivity index (χ0) is 24.3. The summed E-state index contributed by atoms with van der Waals surface area (Å²) in [5, 5.41) is 7.94. The normalized spacial score (nSPS) is 20.9. The average molecular weight is 475 g/mol. The zero-order valence-electron chi connectivity index (χ0n) is 20.4. The second-order valence-electron chi connectivity index (χ2n) is 10.0. The number of aromatic nitrogens is 2. The van der Waals surface area contributed by atoms with Crippen molar-refractivity contribution in [1.29, 1.82) is 0 Å². The summed E-state index contributed by atoms with van der Waals surface area (Å²) in [6.07, 6.45) is 9.94. The molecule has 3 aromatic rings. The molecule has 1 fully saturated rings. The maximum Gasteiger partial charge on any atom is 0.273 e. The van der Waals surface area contributed by atoms with Crippen LogP contribution in [0.1, 0.15) is 67.9 Å². The Morgan fingerprint density at radius 1 is 1.11 bits per heavy atom. The van der Waals surface area contributed by atoms with E-state index < -0.39 is 5.54 Å². The largest absolute Gasteiger partial charge is 0.463 e. The zero-order valence-corrected chi connectivity index (χ0v) is 20.4. The van der Waals surface area contributed by atoms with Crippen LogP contribution in [0.2, 0.25) is 0 Å². The van der Waals surface area contributed by atoms with E-state index in [4.69, 9.17) is 4.42 Å². The van der Waals surface area contributed by atoms with E-state index in [2.05, 4.69) is 22.5 Å². The van der Waals surface area contributed by atoms with Crippen molar-refractivity contribution in [3.8, 4) is 11.5 Å². The summed E-state index contributed by atoms with van der Waals surface area (Å²) in [5.74, 6) is 0.367. The number of fused-ring (bicyclic) bond motifs is 1. The molecule has 2 amide bonds. The van der Waals surface area contributed by atoms with Gasteiger partial charge in [0.15, 0.2) is 5.76 Å². The number of amides is 2. The quantitative estimate of drug-likeness (QED) is 0.498. The lowest BCUT2D eigenvalue weighted by molar-refractivity contribution is -0.134. The molecule has 1 aliphatic heterocycles. The van der Waals surface area contributed by atoms with Gasteiger partial charge in [-0.3, -0.25) is 14.3 Å². The summed E-state index contributed by atoms with van der Waals surface area (Å²) in [7, 11) is 0. The highest BCUT2D eigenvalue weighted by atomic mass is 16.3. The standard InChI is InChI=1S/C28H34N4O3/c1-28(27(34)29-22-14-7-2-3-8-15-22)20-32-24(19-23(30-32)25-16-10-18-35-25)26(33)31(28)17-9-13-21-11-5-4-6-12-21/h4-6,10-12,16,18-19,22H,2-3,7-9,13-15,17,20H2,1H3,(H,29,34). The number of furan rings is 1. The molecule has 0 radical (unpaired) electrons. The van der Waals surface area contributed by atoms with Gasteiger partial charge < -0.3 is 14.6 Å². The Balaban J connectivity index is 1.40. The number of aryl methyl sites for hydroxylation is 1. The van der Waals surface area contributed by atoms with Crippen molar-refractivity contribution in [2.75, 3.05) is 6.54 Å². The second kappa shape index (κ2) is 10.1. The smallest absolute Gasteiger partial charge is 0.273 e. The fraction of sp³-hybridized carbons (Fsp3) is 0.464. The lowest BCUT2D eigenvalue weighted by Crippen LogP contribution is -2.65. The predicted molar refractivity (Wildman–Crippen MR) is 134 cm³/mol. The van der Waals surface area contributed by atoms with Crippen molar-refractivity contribution in [2.24, 2.45) is 0 Å². The molecule has 7 heteroatoms. The lowest BCUT2D eigenvalue weighted by Gasteiger charge is -2.44. The molecule has 1 N–H and O–H groups in total. The minimum atomic E-state index is -1.01. The van der Waals surface area contributed by atoms with E-state index in [0.29, 0.717) is 30.2 Å². The molecule has 1 atom stereocenters. The number of carbonyl (C=O) groups is 2. The van der Waals surface area contributed by atoms with Gasteiger partial charge in [-0.1, -0.05) is 56.0 Å². The maximum atomic E-state index is 13.8. The highest BCUT2D eigenvalue weighted by Crippen LogP contribution is 2.31. The van der Waals surface area contributed by atoms with Gasteiger partial charge in [0.1, 0.15) is 16.9 Å². The number of rotatable bonds is 7. The summed E-state index contributed by atoms with van der Waals surface area (Å²) in [6.45, 7) is 2.71. The Kier molecular flexibility index (Phi) is 6.75. The van der Waals surface area contributed by atoms with Gasteiger partial charge in [-0.15, -0.1) is 0 Å². The Bertz CT molecular complexity index is 1150. The molecule has 7 nitrogen and oxygen atoms in total. The number of hydrogen-bond donors (Lipinski definition) is 1. The molecule has 1 aromatic carbocycles. The van der Waals surface area contributed by atoms with Gasteiger partial charge in [0.2, 0.25) is 5.91 Å². The maximum absolute atomic E-state index is 13.8. The first-order valence-electron chi connectivity index (χ1n) is 12.8. The minimum Gasteiger partial charge on any atom is -0.463 e. The Hall–Kier alpha value is -3.35. The SMILES string of the molecule is CC1(C(=O)NC2CCCCCC2)Cn2nc(-c3ccco3)cc2C(=O)N1CCCc1ccccc1. The summed E-state index contributed by atoms with van der Waals surface area (Å²) in [4.78, 5) is 29.3. The van der Waals surface area contributed by atoms with Gasteiger partial charge in [0.05, 0.1) is 12.8 Å². The Morgan fingerprint density at radius 3 is 2.60 bits per heavy atom. The molecule has 2 aromatic heterocycles. The molecular weight excluding hydrogens is 440 g/mol. The molecule has 1 unspecified atom stereocenters. The van der Waals surface area contributed by atoms with Gasteiger partial charge in [0.25, 0.3) is 5.91 Å². The molecule has 184 valence electrons. The van der Waals surface area contributed by atoms with E-state index in [1.54, 1.807) is 28.0 Å². The third-order valence-electron chi connectivity index (χ3n) is 7.44. The molecule has 5 rings (SSSR count). The summed E-state index contributed by atoms with van der Waals surface area (Å²) in [5.41, 5.74) is 1.32. The molecule has 0 spiro atoms. The Labute approximate surface area is 206 Å². The first-order chi connectivity index (χ1) is 17.0. The second-order valence-corrected chi connectivity index (χ2v) is 10.0. The van der Waals surface area contributed by atoms with Crippen LogP contribution in [0.3, 0.4) is 0 Å². The fourth-order valence-electron chi connectivity index (χ4n) is 5.39. The van der Waals surface area contributed by atoms with E-state index in [-0.39, 0.29) is 17.9 Å². The number of nitrogens with zero attached hydrogens (tertiary/aromatic N) is 3. The summed E-state index contributed by atoms with van der Waals surface area (Å²) >= 11 is 0. The van der Waals surface area contributed by atoms with Crippen LogP contribution in [0.25, 0.3) is 11.5 Å². The summed E-state index contributed by atoms with van der Waals surface area (Å²) < 4.78 is 7.19. The molecule has 1 aliphatic carbocycles. The van der Waals surface area contributed by atoms with E-state index in [1.807, 2.05) is 31.2 Å². The fourth-order valence-corrected chi connectivity index (χ4v) is 5.39. The molecule has 3 heterocycles. The van der Waals surface area contributed by atoms with Crippen LogP contribution in [-0.2, 0) is 17.8 Å². The number of carbonyl (C=O) groups excluding carboxylic acids is 2. The van der Waals surface area contributed by atoms with Gasteiger partial charge >= 0.3 is 0 Å². The van der Waals surface area contributed by atoms with Crippen molar-refractivity contribution in [3.05, 3.63) is 66.1 Å². The van der Waals surface area contributed by atoms with Crippen LogP contribution >= 0.6 is 0 Å². The highest BCUT2D eigenvalue weighted by molar-refractivity contribution is 6.00. The average Bonchev–Trinajstić information content (AvgIpc) is 3.47. The van der Waals surface area contributed by atoms with Gasteiger partial charge in [-0.2, -0.15) is 5.10 Å². The predicted octanol–water partition coefficient (Wildman–Crippen LogP) is 4.83. The van der Waals surface area contributed by atoms with Crippen molar-refractivity contribution in [3.63, 3.8) is 0 Å². The topological polar surface area (TPSA) is 80.4 Å². The van der Waals surface area contributed by atoms with Crippen LogP contribution in [0.5, 0.6) is 0 Å². The Morgan fingerprint density at radius 2 is 1.89 bits per heavy atom. The van der Waals surface area contributed by atoms with Crippen LogP contribution in [-0.4, -0.2) is 44.6 Å². The molecule has 0 bridgehead atoms. The van der Waals surface area contributed by atoms with Crippen LogP contribution in [0.15, 0.2) is 59.2 Å². The molecule has 35 heavy (non-hydrogen) atoms. The number of benzene rings is 1. The first kappa shape index (κ1) is 23.4. The van der Waals surface area contributed by atoms with E-state index >= 15 is 0 Å². The van der Waals surface area contributed by atoms with E-state index in [9.17, 15) is 9.59 Å². The van der Waals surface area contributed by atoms with Crippen LogP contribution in [0.4, 0.5) is 0 Å². The third kappa shape index (κ3) is 4.90. The highest BCUT2D eigenvalue weighted by Gasteiger charge is 2.48. The minimum absolute atomic E-state index is 0.0850. The van der Waals surface area contributed by atoms with Gasteiger partial charge in [-0.05, 0) is 50.3 Å². The number of nitrogens with one attached hydrogen (secondary N) is 1. The number of hydrogen-bond acceptors (Lipinski definition) is 4. The van der Waals surface area contributed by atoms with Gasteiger partial charge in [-0.25, -0.2) is 0 Å². The summed E-state index contributed by atoms with van der Waals surface area (Å²) in [6, 6.07) is 15.8. The molecule has 1 saturated carbocycles. The van der Waals surface area contributed by atoms with E-state index in [1.165, 1.54) is 18.4 Å². The molecule has 0 saturated heterocycles. The van der Waals surface area contributed by atoms with Crippen molar-refractivity contribution in [2.45, 2.75) is 76.4 Å². The monoisotopic (exact) mass is 474 g/mol. The lowest BCUT2D eigenvalue weighted by atomic mass is 9.93. The van der Waals surface area contributed by atoms with Crippen molar-refractivity contribution in [1.82, 2.24) is 20.0 Å². The van der Waals surface area contributed by atoms with Crippen molar-refractivity contribution < 1.29 is 14.0 Å². The first-order valence-corrected chi connectivity index (χ1v) is 12.8. The van der Waals surface area contributed by atoms with Gasteiger partial charge in [0, 0.05) is 18.7 Å². The van der Waals surface area contributed by atoms with Crippen LogP contribution in [0, 0.1) is 0 Å². The molecular formula is C28H34N4O3. The molecule has 2 aliphatic rings. The van der Waals surface area contributed by atoms with Crippen LogP contribution < -0.4 is 5.32 Å².